The first kappa shape index (κ1) is 27.7. The van der Waals surface area contributed by atoms with Crippen LogP contribution in [-0.4, -0.2) is 99.4 Å². The molecule has 2 aromatic rings. The Hall–Kier alpha value is -4.37. The van der Waals surface area contributed by atoms with Crippen molar-refractivity contribution in [3.8, 4) is 11.5 Å². The number of methoxy groups -OCH3 is 1. The van der Waals surface area contributed by atoms with Crippen molar-refractivity contribution < 1.29 is 68.5 Å². The number of carbonyl (C=O) groups excluding carboxylic acids is 4. The number of aromatic carboxylic acids is 1. The Balaban J connectivity index is 1.60. The molecule has 14 nitrogen and oxygen atoms in total. The van der Waals surface area contributed by atoms with Gasteiger partial charge in [0.2, 0.25) is 12.1 Å². The van der Waals surface area contributed by atoms with Crippen LogP contribution in [0.25, 0.3) is 0 Å². The fourth-order valence-electron chi connectivity index (χ4n) is 4.18. The lowest BCUT2D eigenvalue weighted by Crippen LogP contribution is -2.60. The van der Waals surface area contributed by atoms with Gasteiger partial charge in [-0.2, -0.15) is 0 Å². The fraction of sp³-hybridized carbons (Fsp3) is 0.320. The molecule has 1 aliphatic carbocycles. The van der Waals surface area contributed by atoms with Crippen molar-refractivity contribution in [3.63, 3.8) is 0 Å². The van der Waals surface area contributed by atoms with Crippen LogP contribution in [0.1, 0.15) is 48.6 Å². The summed E-state index contributed by atoms with van der Waals surface area (Å²) in [6.07, 6.45) is -9.38. The number of phenolic OH excluding ortho intramolecular Hbond substituents is 1. The molecule has 2 aromatic carbocycles. The van der Waals surface area contributed by atoms with Gasteiger partial charge >= 0.3 is 17.9 Å². The van der Waals surface area contributed by atoms with Crippen molar-refractivity contribution in [3.05, 3.63) is 58.1 Å². The number of carboxylic acids is 1. The van der Waals surface area contributed by atoms with Gasteiger partial charge in [-0.15, -0.1) is 0 Å². The Kier molecular flexibility index (Phi) is 7.65. The summed E-state index contributed by atoms with van der Waals surface area (Å²) < 4.78 is 20.3. The lowest BCUT2D eigenvalue weighted by atomic mass is 9.82. The third kappa shape index (κ3) is 5.18. The summed E-state index contributed by atoms with van der Waals surface area (Å²) in [5.41, 5.74) is -1.71. The van der Waals surface area contributed by atoms with Crippen LogP contribution in [0.2, 0.25) is 0 Å². The molecule has 5 N–H and O–H groups in total. The van der Waals surface area contributed by atoms with Crippen LogP contribution in [0.5, 0.6) is 11.5 Å². The molecule has 2 aliphatic rings. The van der Waals surface area contributed by atoms with E-state index in [9.17, 15) is 49.5 Å². The van der Waals surface area contributed by atoms with Gasteiger partial charge in [-0.1, -0.05) is 12.1 Å². The highest BCUT2D eigenvalue weighted by Crippen LogP contribution is 2.38. The molecule has 0 spiro atoms. The van der Waals surface area contributed by atoms with Crippen LogP contribution >= 0.6 is 0 Å². The molecule has 4 rings (SSSR count). The number of aliphatic hydroxyl groups is 3. The standard InChI is InChI=1S/C25H22O14/c1-36-15(27)7-16(28)37-8-14-20(30)22(32)23(33)25(39-14)38-13-4-2-3-10-18(13)21(31)17-11(19(10)29)5-9(24(34)35)6-12(17)26/h2-6,14,20,22-23,25-26,30,32-33H,7-8H2,1H3,(H,34,35). The monoisotopic (exact) mass is 546 g/mol. The molecule has 206 valence electrons. The number of benzene rings is 2. The molecule has 0 saturated carbocycles. The summed E-state index contributed by atoms with van der Waals surface area (Å²) in [6.45, 7) is -0.655. The first-order chi connectivity index (χ1) is 18.4. The molecular formula is C25H22O14. The van der Waals surface area contributed by atoms with E-state index in [-0.39, 0.29) is 22.4 Å². The number of fused-ring (bicyclic) bond motifs is 2. The van der Waals surface area contributed by atoms with Crippen molar-refractivity contribution in [2.75, 3.05) is 13.7 Å². The zero-order valence-corrected chi connectivity index (χ0v) is 20.1. The average molecular weight is 546 g/mol. The van der Waals surface area contributed by atoms with Crippen molar-refractivity contribution >= 4 is 29.5 Å². The van der Waals surface area contributed by atoms with Crippen LogP contribution in [0.15, 0.2) is 30.3 Å². The summed E-state index contributed by atoms with van der Waals surface area (Å²) in [6, 6.07) is 5.63. The predicted molar refractivity (Wildman–Crippen MR) is 123 cm³/mol. The summed E-state index contributed by atoms with van der Waals surface area (Å²) in [4.78, 5) is 60.8. The van der Waals surface area contributed by atoms with Gasteiger partial charge in [0.05, 0.1) is 23.8 Å². The Labute approximate surface area is 218 Å². The first-order valence-corrected chi connectivity index (χ1v) is 11.4. The van der Waals surface area contributed by atoms with E-state index in [4.69, 9.17) is 14.2 Å². The summed E-state index contributed by atoms with van der Waals surface area (Å²) >= 11 is 0. The van der Waals surface area contributed by atoms with Crippen LogP contribution in [-0.2, 0) is 23.8 Å². The number of hydrogen-bond acceptors (Lipinski definition) is 13. The second-order valence-corrected chi connectivity index (χ2v) is 8.63. The molecule has 0 aromatic heterocycles. The molecule has 0 bridgehead atoms. The number of aromatic hydroxyl groups is 1. The Morgan fingerprint density at radius 2 is 1.64 bits per heavy atom. The number of carboxylic acid groups (broad SMARTS) is 1. The minimum Gasteiger partial charge on any atom is -0.507 e. The molecular weight excluding hydrogens is 524 g/mol. The van der Waals surface area contributed by atoms with Crippen LogP contribution in [0, 0.1) is 0 Å². The molecule has 1 heterocycles. The van der Waals surface area contributed by atoms with Crippen LogP contribution < -0.4 is 4.74 Å². The second-order valence-electron chi connectivity index (χ2n) is 8.63. The van der Waals surface area contributed by atoms with E-state index in [0.717, 1.165) is 19.2 Å². The maximum absolute atomic E-state index is 13.3. The van der Waals surface area contributed by atoms with E-state index in [1.165, 1.54) is 18.2 Å². The largest absolute Gasteiger partial charge is 0.507 e. The van der Waals surface area contributed by atoms with Gasteiger partial charge in [0.15, 0.2) is 5.78 Å². The number of ketones is 2. The van der Waals surface area contributed by atoms with E-state index < -0.39 is 90.1 Å². The van der Waals surface area contributed by atoms with Gasteiger partial charge in [0.1, 0.15) is 48.9 Å². The minimum absolute atomic E-state index is 0.189. The molecule has 39 heavy (non-hydrogen) atoms. The molecule has 1 fully saturated rings. The highest BCUT2D eigenvalue weighted by atomic mass is 16.7. The first-order valence-electron chi connectivity index (χ1n) is 11.4. The highest BCUT2D eigenvalue weighted by molar-refractivity contribution is 6.30. The van der Waals surface area contributed by atoms with Gasteiger partial charge in [-0.3, -0.25) is 19.2 Å². The normalized spacial score (nSPS) is 23.8. The summed E-state index contributed by atoms with van der Waals surface area (Å²) in [7, 11) is 1.07. The maximum atomic E-state index is 13.3. The highest BCUT2D eigenvalue weighted by Gasteiger charge is 2.46. The third-order valence-corrected chi connectivity index (χ3v) is 6.17. The zero-order valence-electron chi connectivity index (χ0n) is 20.1. The number of hydrogen-bond donors (Lipinski definition) is 5. The van der Waals surface area contributed by atoms with E-state index in [2.05, 4.69) is 4.74 Å². The minimum atomic E-state index is -1.87. The number of ether oxygens (including phenoxy) is 4. The van der Waals surface area contributed by atoms with Gasteiger partial charge in [-0.25, -0.2) is 4.79 Å². The lowest BCUT2D eigenvalue weighted by molar-refractivity contribution is -0.278. The van der Waals surface area contributed by atoms with Gasteiger partial charge in [-0.05, 0) is 18.2 Å². The van der Waals surface area contributed by atoms with Gasteiger partial charge in [0.25, 0.3) is 0 Å². The van der Waals surface area contributed by atoms with Crippen LogP contribution in [0.3, 0.4) is 0 Å². The Morgan fingerprint density at radius 3 is 2.31 bits per heavy atom. The number of rotatable bonds is 7. The maximum Gasteiger partial charge on any atom is 0.335 e. The molecule has 5 atom stereocenters. The quantitative estimate of drug-likeness (QED) is 0.180. The fourth-order valence-corrected chi connectivity index (χ4v) is 4.18. The van der Waals surface area contributed by atoms with Crippen molar-refractivity contribution in [2.45, 2.75) is 37.1 Å². The zero-order chi connectivity index (χ0) is 28.6. The average Bonchev–Trinajstić information content (AvgIpc) is 2.90. The van der Waals surface area contributed by atoms with E-state index in [1.54, 1.807) is 0 Å². The number of phenols is 1. The molecule has 1 aliphatic heterocycles. The molecule has 0 radical (unpaired) electrons. The Bertz CT molecular complexity index is 1360. The lowest BCUT2D eigenvalue weighted by Gasteiger charge is -2.40. The van der Waals surface area contributed by atoms with E-state index >= 15 is 0 Å². The Morgan fingerprint density at radius 1 is 0.923 bits per heavy atom. The smallest absolute Gasteiger partial charge is 0.335 e. The summed E-state index contributed by atoms with van der Waals surface area (Å²) in [5, 5.41) is 50.6. The van der Waals surface area contributed by atoms with Crippen molar-refractivity contribution in [2.24, 2.45) is 0 Å². The van der Waals surface area contributed by atoms with E-state index in [0.29, 0.717) is 0 Å². The molecule has 14 heteroatoms. The van der Waals surface area contributed by atoms with Crippen molar-refractivity contribution in [1.82, 2.24) is 0 Å². The number of carbonyl (C=O) groups is 5. The number of aliphatic hydroxyl groups excluding tert-OH is 3. The molecule has 5 unspecified atom stereocenters. The number of esters is 2. The topological polar surface area (TPSA) is 223 Å². The summed E-state index contributed by atoms with van der Waals surface area (Å²) in [5.74, 6) is -6.02. The third-order valence-electron chi connectivity index (χ3n) is 6.17. The van der Waals surface area contributed by atoms with Crippen LogP contribution in [0.4, 0.5) is 0 Å². The molecule has 0 amide bonds. The van der Waals surface area contributed by atoms with Gasteiger partial charge < -0.3 is 44.5 Å². The van der Waals surface area contributed by atoms with Crippen molar-refractivity contribution in [1.29, 1.82) is 0 Å². The van der Waals surface area contributed by atoms with E-state index in [1.807, 2.05) is 0 Å². The predicted octanol–water partition coefficient (Wildman–Crippen LogP) is -0.842. The molecule has 1 saturated heterocycles. The SMILES string of the molecule is COC(=O)CC(=O)OCC1OC(Oc2cccc3c2C(=O)c2c(O)cc(C(=O)O)cc2C3=O)C(O)C(O)C1O. The van der Waals surface area contributed by atoms with Gasteiger partial charge in [0, 0.05) is 11.1 Å². The second kappa shape index (κ2) is 10.8.